The van der Waals surface area contributed by atoms with Crippen LogP contribution >= 0.6 is 0 Å². The van der Waals surface area contributed by atoms with E-state index in [1.807, 2.05) is 6.07 Å². The van der Waals surface area contributed by atoms with Crippen molar-refractivity contribution in [2.75, 3.05) is 17.2 Å². The Morgan fingerprint density at radius 1 is 1.15 bits per heavy atom. The number of rotatable bonds is 5. The van der Waals surface area contributed by atoms with Gasteiger partial charge in [0.05, 0.1) is 0 Å². The number of nitrogens with zero attached hydrogens (tertiary/aromatic N) is 3. The Morgan fingerprint density at radius 3 is 2.55 bits per heavy atom. The molecule has 0 bridgehead atoms. The van der Waals surface area contributed by atoms with Crippen molar-refractivity contribution >= 4 is 17.3 Å². The van der Waals surface area contributed by atoms with Gasteiger partial charge in [-0.25, -0.2) is 9.97 Å². The molecule has 0 saturated carbocycles. The molecule has 0 aliphatic carbocycles. The van der Waals surface area contributed by atoms with Crippen molar-refractivity contribution < 1.29 is 0 Å². The fourth-order valence-electron chi connectivity index (χ4n) is 2.44. The summed E-state index contributed by atoms with van der Waals surface area (Å²) in [4.78, 5) is 10.8. The fourth-order valence-corrected chi connectivity index (χ4v) is 2.44. The molecule has 106 valence electrons. The molecule has 0 saturated heterocycles. The van der Waals surface area contributed by atoms with Crippen LogP contribution in [0.2, 0.25) is 0 Å². The first-order valence-corrected chi connectivity index (χ1v) is 7.11. The summed E-state index contributed by atoms with van der Waals surface area (Å²) in [6.45, 7) is 7.22. The van der Waals surface area contributed by atoms with E-state index >= 15 is 0 Å². The Hall–Kier alpha value is -2.10. The van der Waals surface area contributed by atoms with Gasteiger partial charge in [0.2, 0.25) is 0 Å². The Morgan fingerprint density at radius 2 is 1.90 bits per heavy atom. The average molecular weight is 270 g/mol. The second-order valence-electron chi connectivity index (χ2n) is 4.84. The number of nitrogen functional groups attached to an aromatic ring is 1. The summed E-state index contributed by atoms with van der Waals surface area (Å²) in [5.41, 5.74) is 9.48. The minimum absolute atomic E-state index is 0.587. The summed E-state index contributed by atoms with van der Waals surface area (Å²) in [5.74, 6) is 1.51. The Kier molecular flexibility index (Phi) is 4.56. The van der Waals surface area contributed by atoms with Gasteiger partial charge in [-0.2, -0.15) is 0 Å². The molecule has 0 unspecified atom stereocenters. The van der Waals surface area contributed by atoms with E-state index in [2.05, 4.69) is 53.8 Å². The molecular weight excluding hydrogens is 248 g/mol. The normalized spacial score (nSPS) is 10.6. The van der Waals surface area contributed by atoms with E-state index < -0.39 is 0 Å². The van der Waals surface area contributed by atoms with Crippen LogP contribution in [0.1, 0.15) is 31.4 Å². The van der Waals surface area contributed by atoms with E-state index in [0.717, 1.165) is 30.8 Å². The predicted molar refractivity (Wildman–Crippen MR) is 84.3 cm³/mol. The van der Waals surface area contributed by atoms with Gasteiger partial charge in [-0.15, -0.1) is 0 Å². The van der Waals surface area contributed by atoms with Crippen molar-refractivity contribution in [3.8, 4) is 0 Å². The molecule has 2 rings (SSSR count). The van der Waals surface area contributed by atoms with Crippen molar-refractivity contribution in [3.63, 3.8) is 0 Å². The van der Waals surface area contributed by atoms with E-state index in [1.165, 1.54) is 11.3 Å². The maximum Gasteiger partial charge on any atom is 0.141 e. The first-order valence-electron chi connectivity index (χ1n) is 7.11. The SMILES string of the molecule is CCCc1c(N)ncnc1N(CC)c1ccccc1C. The molecule has 0 spiro atoms. The summed E-state index contributed by atoms with van der Waals surface area (Å²) in [7, 11) is 0. The van der Waals surface area contributed by atoms with Gasteiger partial charge in [0.25, 0.3) is 0 Å². The Bertz CT molecular complexity index is 580. The third-order valence-corrected chi connectivity index (χ3v) is 3.43. The molecule has 20 heavy (non-hydrogen) atoms. The van der Waals surface area contributed by atoms with Gasteiger partial charge in [0.1, 0.15) is 18.0 Å². The van der Waals surface area contributed by atoms with Crippen molar-refractivity contribution in [2.45, 2.75) is 33.6 Å². The zero-order valence-corrected chi connectivity index (χ0v) is 12.4. The largest absolute Gasteiger partial charge is 0.383 e. The molecule has 0 atom stereocenters. The summed E-state index contributed by atoms with van der Waals surface area (Å²) in [6, 6.07) is 8.33. The topological polar surface area (TPSA) is 55.0 Å². The van der Waals surface area contributed by atoms with Crippen LogP contribution in [-0.4, -0.2) is 16.5 Å². The third kappa shape index (κ3) is 2.74. The van der Waals surface area contributed by atoms with E-state index in [0.29, 0.717) is 5.82 Å². The van der Waals surface area contributed by atoms with E-state index in [9.17, 15) is 0 Å². The molecule has 0 aliphatic heterocycles. The lowest BCUT2D eigenvalue weighted by molar-refractivity contribution is 0.879. The van der Waals surface area contributed by atoms with Crippen LogP contribution < -0.4 is 10.6 Å². The third-order valence-electron chi connectivity index (χ3n) is 3.43. The molecule has 4 nitrogen and oxygen atoms in total. The lowest BCUT2D eigenvalue weighted by atomic mass is 10.1. The highest BCUT2D eigenvalue weighted by Gasteiger charge is 2.17. The molecular formula is C16H22N4. The Labute approximate surface area is 120 Å². The number of hydrogen-bond donors (Lipinski definition) is 1. The van der Waals surface area contributed by atoms with Crippen LogP contribution in [0.25, 0.3) is 0 Å². The molecule has 1 aromatic carbocycles. The molecule has 0 fully saturated rings. The zero-order valence-electron chi connectivity index (χ0n) is 12.4. The highest BCUT2D eigenvalue weighted by Crippen LogP contribution is 2.31. The fraction of sp³-hybridized carbons (Fsp3) is 0.375. The monoisotopic (exact) mass is 270 g/mol. The van der Waals surface area contributed by atoms with Crippen LogP contribution in [0.3, 0.4) is 0 Å². The predicted octanol–water partition coefficient (Wildman–Crippen LogP) is 3.48. The molecule has 1 aromatic heterocycles. The van der Waals surface area contributed by atoms with Crippen molar-refractivity contribution in [2.24, 2.45) is 0 Å². The molecule has 2 N–H and O–H groups in total. The first kappa shape index (κ1) is 14.3. The molecule has 0 amide bonds. The second-order valence-corrected chi connectivity index (χ2v) is 4.84. The maximum absolute atomic E-state index is 6.04. The van der Waals surface area contributed by atoms with Gasteiger partial charge in [-0.3, -0.25) is 0 Å². The highest BCUT2D eigenvalue weighted by atomic mass is 15.2. The van der Waals surface area contributed by atoms with Crippen molar-refractivity contribution in [3.05, 3.63) is 41.7 Å². The van der Waals surface area contributed by atoms with Crippen LogP contribution in [-0.2, 0) is 6.42 Å². The van der Waals surface area contributed by atoms with Gasteiger partial charge in [-0.05, 0) is 31.9 Å². The first-order chi connectivity index (χ1) is 9.69. The molecule has 0 aliphatic rings. The van der Waals surface area contributed by atoms with Crippen LogP contribution in [0.4, 0.5) is 17.3 Å². The highest BCUT2D eigenvalue weighted by molar-refractivity contribution is 5.68. The molecule has 4 heteroatoms. The van der Waals surface area contributed by atoms with Crippen LogP contribution in [0.15, 0.2) is 30.6 Å². The number of aromatic nitrogens is 2. The maximum atomic E-state index is 6.04. The number of nitrogens with two attached hydrogens (primary N) is 1. The number of para-hydroxylation sites is 1. The number of aryl methyl sites for hydroxylation is 1. The zero-order chi connectivity index (χ0) is 14.5. The number of hydrogen-bond acceptors (Lipinski definition) is 4. The van der Waals surface area contributed by atoms with Crippen LogP contribution in [0, 0.1) is 6.92 Å². The summed E-state index contributed by atoms with van der Waals surface area (Å²) in [6.07, 6.45) is 3.46. The summed E-state index contributed by atoms with van der Waals surface area (Å²) >= 11 is 0. The van der Waals surface area contributed by atoms with Crippen molar-refractivity contribution in [1.29, 1.82) is 0 Å². The van der Waals surface area contributed by atoms with E-state index in [-0.39, 0.29) is 0 Å². The number of anilines is 3. The van der Waals surface area contributed by atoms with Gasteiger partial charge < -0.3 is 10.6 Å². The molecule has 0 radical (unpaired) electrons. The lowest BCUT2D eigenvalue weighted by Crippen LogP contribution is -2.21. The standard InChI is InChI=1S/C16H22N4/c1-4-8-13-15(17)18-11-19-16(13)20(5-2)14-10-7-6-9-12(14)3/h6-7,9-11H,4-5,8H2,1-3H3,(H2,17,18,19). The van der Waals surface area contributed by atoms with E-state index in [1.54, 1.807) is 6.33 Å². The van der Waals surface area contributed by atoms with Crippen molar-refractivity contribution in [1.82, 2.24) is 9.97 Å². The molecule has 2 aromatic rings. The minimum atomic E-state index is 0.587. The minimum Gasteiger partial charge on any atom is -0.383 e. The second kappa shape index (κ2) is 6.37. The quantitative estimate of drug-likeness (QED) is 0.903. The van der Waals surface area contributed by atoms with E-state index in [4.69, 9.17) is 5.73 Å². The number of benzene rings is 1. The summed E-state index contributed by atoms with van der Waals surface area (Å²) < 4.78 is 0. The Balaban J connectivity index is 2.53. The van der Waals surface area contributed by atoms with Crippen LogP contribution in [0.5, 0.6) is 0 Å². The lowest BCUT2D eigenvalue weighted by Gasteiger charge is -2.26. The van der Waals surface area contributed by atoms with Gasteiger partial charge in [0.15, 0.2) is 0 Å². The summed E-state index contributed by atoms with van der Waals surface area (Å²) in [5, 5.41) is 0. The molecule has 1 heterocycles. The average Bonchev–Trinajstić information content (AvgIpc) is 2.45. The van der Waals surface area contributed by atoms with Gasteiger partial charge in [0, 0.05) is 17.8 Å². The smallest absolute Gasteiger partial charge is 0.141 e. The van der Waals surface area contributed by atoms with Gasteiger partial charge in [-0.1, -0.05) is 31.5 Å². The van der Waals surface area contributed by atoms with Gasteiger partial charge >= 0.3 is 0 Å².